The predicted molar refractivity (Wildman–Crippen MR) is 131 cm³/mol. The van der Waals surface area contributed by atoms with Gasteiger partial charge in [-0.25, -0.2) is 4.98 Å². The number of H-pyrrole nitrogens is 1. The average molecular weight is 474 g/mol. The number of hydrogen-bond donors (Lipinski definition) is 2. The van der Waals surface area contributed by atoms with E-state index >= 15 is 0 Å². The second-order valence-corrected chi connectivity index (χ2v) is 10.1. The van der Waals surface area contributed by atoms with Crippen LogP contribution in [0.2, 0.25) is 0 Å². The lowest BCUT2D eigenvalue weighted by atomic mass is 9.97. The van der Waals surface area contributed by atoms with Gasteiger partial charge in [-0.3, -0.25) is 19.5 Å². The molecular weight excluding hydrogens is 438 g/mol. The molecule has 180 valence electrons. The Morgan fingerprint density at radius 3 is 2.73 bits per heavy atom. The Labute approximate surface area is 199 Å². The number of rotatable bonds is 8. The summed E-state index contributed by atoms with van der Waals surface area (Å²) in [7, 11) is 0. The van der Waals surface area contributed by atoms with Crippen molar-refractivity contribution in [3.05, 3.63) is 44.0 Å². The Morgan fingerprint density at radius 2 is 2.06 bits per heavy atom. The van der Waals surface area contributed by atoms with Crippen LogP contribution in [0.25, 0.3) is 0 Å². The third-order valence-corrected chi connectivity index (χ3v) is 7.72. The van der Waals surface area contributed by atoms with Gasteiger partial charge in [0.25, 0.3) is 5.56 Å². The van der Waals surface area contributed by atoms with Crippen LogP contribution in [0.15, 0.2) is 22.3 Å². The van der Waals surface area contributed by atoms with Crippen LogP contribution in [-0.2, 0) is 16.0 Å². The van der Waals surface area contributed by atoms with Gasteiger partial charge in [-0.15, -0.1) is 11.3 Å². The smallest absolute Gasteiger partial charge is 0.255 e. The van der Waals surface area contributed by atoms with Crippen LogP contribution in [0.1, 0.15) is 48.4 Å². The fraction of sp³-hybridized carbons (Fsp3) is 0.625. The van der Waals surface area contributed by atoms with Gasteiger partial charge < -0.3 is 15.0 Å². The summed E-state index contributed by atoms with van der Waals surface area (Å²) in [5.41, 5.74) is 1.12. The van der Waals surface area contributed by atoms with Gasteiger partial charge in [-0.05, 0) is 56.6 Å². The summed E-state index contributed by atoms with van der Waals surface area (Å²) in [4.78, 5) is 38.7. The highest BCUT2D eigenvalue weighted by atomic mass is 32.1. The van der Waals surface area contributed by atoms with Gasteiger partial charge in [0.2, 0.25) is 11.9 Å². The topological polar surface area (TPSA) is 90.6 Å². The Kier molecular flexibility index (Phi) is 8.16. The molecule has 1 unspecified atom stereocenters. The second kappa shape index (κ2) is 11.3. The number of aromatic nitrogens is 2. The normalized spacial score (nSPS) is 18.9. The minimum atomic E-state index is -0.157. The van der Waals surface area contributed by atoms with Crippen molar-refractivity contribution in [3.8, 4) is 0 Å². The lowest BCUT2D eigenvalue weighted by Gasteiger charge is -2.36. The number of carbonyl (C=O) groups is 1. The van der Waals surface area contributed by atoms with Gasteiger partial charge in [-0.2, -0.15) is 0 Å². The number of ether oxygens (including phenoxy) is 1. The predicted octanol–water partition coefficient (Wildman–Crippen LogP) is 2.50. The maximum atomic E-state index is 12.7. The summed E-state index contributed by atoms with van der Waals surface area (Å²) in [6, 6.07) is 4.44. The highest BCUT2D eigenvalue weighted by Crippen LogP contribution is 2.29. The number of piperidine rings is 1. The van der Waals surface area contributed by atoms with Gasteiger partial charge in [0, 0.05) is 42.2 Å². The van der Waals surface area contributed by atoms with Crippen molar-refractivity contribution >= 4 is 23.2 Å². The third-order valence-electron chi connectivity index (χ3n) is 6.75. The first-order chi connectivity index (χ1) is 16.0. The SMILES string of the molecule is Cc1nc(N2CCOCC2)[nH]c(=O)c1CCC(=O)NCC(c1cccs1)N1CCC(C)CC1. The Morgan fingerprint density at radius 1 is 1.30 bits per heavy atom. The number of hydrogen-bond acceptors (Lipinski definition) is 7. The van der Waals surface area contributed by atoms with E-state index < -0.39 is 0 Å². The largest absolute Gasteiger partial charge is 0.378 e. The summed E-state index contributed by atoms with van der Waals surface area (Å²) in [6.45, 7) is 9.57. The number of thiophene rings is 1. The van der Waals surface area contributed by atoms with E-state index in [9.17, 15) is 9.59 Å². The van der Waals surface area contributed by atoms with Gasteiger partial charge >= 0.3 is 0 Å². The molecule has 9 heteroatoms. The van der Waals surface area contributed by atoms with Crippen molar-refractivity contribution in [2.24, 2.45) is 5.92 Å². The maximum Gasteiger partial charge on any atom is 0.255 e. The highest BCUT2D eigenvalue weighted by Gasteiger charge is 2.26. The fourth-order valence-electron chi connectivity index (χ4n) is 4.58. The Balaban J connectivity index is 1.33. The molecule has 0 radical (unpaired) electrons. The molecule has 1 atom stereocenters. The molecule has 2 aromatic rings. The number of nitrogens with zero attached hydrogens (tertiary/aromatic N) is 3. The fourth-order valence-corrected chi connectivity index (χ4v) is 5.44. The van der Waals surface area contributed by atoms with E-state index in [0.29, 0.717) is 56.5 Å². The standard InChI is InChI=1S/C24H35N5O3S/c1-17-7-9-28(10-8-17)20(21-4-3-15-33-21)16-25-22(30)6-5-19-18(2)26-24(27-23(19)31)29-11-13-32-14-12-29/h3-4,15,17,20H,5-14,16H2,1-2H3,(H,25,30)(H,26,27,31). The van der Waals surface area contributed by atoms with Gasteiger partial charge in [0.1, 0.15) is 0 Å². The molecule has 2 aliphatic heterocycles. The molecule has 0 aromatic carbocycles. The van der Waals surface area contributed by atoms with Gasteiger partial charge in [0.05, 0.1) is 19.3 Å². The molecule has 2 aromatic heterocycles. The average Bonchev–Trinajstić information content (AvgIpc) is 3.35. The van der Waals surface area contributed by atoms with Crippen LogP contribution in [0.3, 0.4) is 0 Å². The number of nitrogens with one attached hydrogen (secondary N) is 2. The monoisotopic (exact) mass is 473 g/mol. The van der Waals surface area contributed by atoms with Crippen molar-refractivity contribution in [1.29, 1.82) is 0 Å². The first-order valence-corrected chi connectivity index (χ1v) is 12.9. The minimum absolute atomic E-state index is 0.0296. The summed E-state index contributed by atoms with van der Waals surface area (Å²) < 4.78 is 5.37. The third kappa shape index (κ3) is 6.22. The quantitative estimate of drug-likeness (QED) is 0.612. The number of aryl methyl sites for hydroxylation is 1. The minimum Gasteiger partial charge on any atom is -0.378 e. The van der Waals surface area contributed by atoms with Crippen molar-refractivity contribution in [3.63, 3.8) is 0 Å². The molecular formula is C24H35N5O3S. The molecule has 4 rings (SSSR count). The Bertz CT molecular complexity index is 963. The first kappa shape index (κ1) is 23.9. The first-order valence-electron chi connectivity index (χ1n) is 12.0. The van der Waals surface area contributed by atoms with Gasteiger partial charge in [-0.1, -0.05) is 13.0 Å². The molecule has 0 aliphatic carbocycles. The zero-order valence-electron chi connectivity index (χ0n) is 19.6. The summed E-state index contributed by atoms with van der Waals surface area (Å²) in [5.74, 6) is 1.33. The second-order valence-electron chi connectivity index (χ2n) is 9.11. The number of anilines is 1. The van der Waals surface area contributed by atoms with E-state index in [-0.39, 0.29) is 23.9 Å². The number of likely N-dealkylation sites (tertiary alicyclic amines) is 1. The molecule has 2 aliphatic rings. The van der Waals surface area contributed by atoms with Crippen LogP contribution < -0.4 is 15.8 Å². The molecule has 4 heterocycles. The number of carbonyl (C=O) groups excluding carboxylic acids is 1. The summed E-state index contributed by atoms with van der Waals surface area (Å²) >= 11 is 1.75. The maximum absolute atomic E-state index is 12.7. The van der Waals surface area contributed by atoms with E-state index in [2.05, 4.69) is 44.6 Å². The molecule has 0 saturated carbocycles. The van der Waals surface area contributed by atoms with Crippen molar-refractivity contribution in [2.45, 2.75) is 45.6 Å². The van der Waals surface area contributed by atoms with Crippen LogP contribution in [0.4, 0.5) is 5.95 Å². The van der Waals surface area contributed by atoms with Crippen LogP contribution in [0.5, 0.6) is 0 Å². The number of amides is 1. The van der Waals surface area contributed by atoms with Crippen LogP contribution in [-0.4, -0.2) is 66.7 Å². The van der Waals surface area contributed by atoms with E-state index in [1.165, 1.54) is 17.7 Å². The zero-order chi connectivity index (χ0) is 23.2. The molecule has 2 N–H and O–H groups in total. The zero-order valence-corrected chi connectivity index (χ0v) is 20.5. The van der Waals surface area contributed by atoms with Gasteiger partial charge in [0.15, 0.2) is 0 Å². The van der Waals surface area contributed by atoms with Crippen LogP contribution >= 0.6 is 11.3 Å². The molecule has 2 saturated heterocycles. The highest BCUT2D eigenvalue weighted by molar-refractivity contribution is 7.10. The molecule has 0 spiro atoms. The van der Waals surface area contributed by atoms with Crippen LogP contribution in [0, 0.1) is 12.8 Å². The molecule has 8 nitrogen and oxygen atoms in total. The van der Waals surface area contributed by atoms with E-state index in [1.807, 2.05) is 11.8 Å². The number of aromatic amines is 1. The Hall–Kier alpha value is -2.23. The lowest BCUT2D eigenvalue weighted by molar-refractivity contribution is -0.121. The van der Waals surface area contributed by atoms with Crippen molar-refractivity contribution in [1.82, 2.24) is 20.2 Å². The van der Waals surface area contributed by atoms with Crippen molar-refractivity contribution in [2.75, 3.05) is 50.8 Å². The molecule has 1 amide bonds. The summed E-state index contributed by atoms with van der Waals surface area (Å²) in [6.07, 6.45) is 3.06. The molecule has 0 bridgehead atoms. The molecule has 2 fully saturated rings. The van der Waals surface area contributed by atoms with E-state index in [0.717, 1.165) is 19.0 Å². The number of morpholine rings is 1. The van der Waals surface area contributed by atoms with E-state index in [4.69, 9.17) is 4.74 Å². The van der Waals surface area contributed by atoms with Crippen molar-refractivity contribution < 1.29 is 9.53 Å². The lowest BCUT2D eigenvalue weighted by Crippen LogP contribution is -2.41. The van der Waals surface area contributed by atoms with E-state index in [1.54, 1.807) is 11.3 Å². The summed E-state index contributed by atoms with van der Waals surface area (Å²) in [5, 5.41) is 5.22. The molecule has 33 heavy (non-hydrogen) atoms.